The quantitative estimate of drug-likeness (QED) is 0.822. The van der Waals surface area contributed by atoms with Crippen LogP contribution in [0.15, 0.2) is 12.3 Å². The van der Waals surface area contributed by atoms with Crippen LogP contribution in [-0.2, 0) is 6.54 Å². The largest absolute Gasteiger partial charge is 0.368 e. The third-order valence-corrected chi connectivity index (χ3v) is 3.29. The van der Waals surface area contributed by atoms with E-state index < -0.39 is 0 Å². The average molecular weight is 277 g/mol. The second-order valence-corrected chi connectivity index (χ2v) is 6.63. The van der Waals surface area contributed by atoms with Crippen LogP contribution in [0.25, 0.3) is 0 Å². The molecular weight excluding hydrogens is 246 g/mol. The van der Waals surface area contributed by atoms with Crippen molar-refractivity contribution < 1.29 is 0 Å². The minimum Gasteiger partial charge on any atom is -0.368 e. The Bertz CT molecular complexity index is 411. The van der Waals surface area contributed by atoms with Crippen molar-refractivity contribution >= 4 is 5.69 Å². The van der Waals surface area contributed by atoms with E-state index in [4.69, 9.17) is 0 Å². The summed E-state index contributed by atoms with van der Waals surface area (Å²) < 4.78 is 0. The van der Waals surface area contributed by atoms with E-state index in [1.807, 2.05) is 6.20 Å². The Kier molecular flexibility index (Phi) is 6.47. The van der Waals surface area contributed by atoms with E-state index in [1.54, 1.807) is 0 Å². The maximum atomic E-state index is 4.47. The third kappa shape index (κ3) is 5.12. The van der Waals surface area contributed by atoms with Crippen molar-refractivity contribution in [3.05, 3.63) is 23.5 Å². The van der Waals surface area contributed by atoms with Gasteiger partial charge in [0.1, 0.15) is 0 Å². The van der Waals surface area contributed by atoms with Gasteiger partial charge in [0, 0.05) is 48.3 Å². The van der Waals surface area contributed by atoms with Crippen LogP contribution in [0.1, 0.15) is 52.8 Å². The molecule has 20 heavy (non-hydrogen) atoms. The summed E-state index contributed by atoms with van der Waals surface area (Å²) in [5, 5.41) is 3.50. The summed E-state index contributed by atoms with van der Waals surface area (Å²) in [7, 11) is 0. The summed E-state index contributed by atoms with van der Waals surface area (Å²) in [6.07, 6.45) is 2.02. The number of aromatic nitrogens is 1. The van der Waals surface area contributed by atoms with Gasteiger partial charge in [-0.05, 0) is 32.8 Å². The molecule has 1 heterocycles. The SMILES string of the molecule is Cc1cc(N(CC(C)C)C(C)C)c(CNC(C)C)cn1. The van der Waals surface area contributed by atoms with Gasteiger partial charge in [-0.15, -0.1) is 0 Å². The highest BCUT2D eigenvalue weighted by atomic mass is 15.2. The first-order valence-corrected chi connectivity index (χ1v) is 7.76. The van der Waals surface area contributed by atoms with Gasteiger partial charge >= 0.3 is 0 Å². The molecule has 1 aromatic heterocycles. The minimum atomic E-state index is 0.488. The second kappa shape index (κ2) is 7.63. The number of nitrogens with one attached hydrogen (secondary N) is 1. The Labute approximate surface area is 124 Å². The Morgan fingerprint density at radius 2 is 1.80 bits per heavy atom. The molecule has 0 saturated carbocycles. The minimum absolute atomic E-state index is 0.488. The molecule has 0 aliphatic carbocycles. The van der Waals surface area contributed by atoms with E-state index in [0.717, 1.165) is 18.8 Å². The molecule has 0 radical (unpaired) electrons. The first-order valence-electron chi connectivity index (χ1n) is 7.76. The first-order chi connectivity index (χ1) is 9.31. The van der Waals surface area contributed by atoms with Gasteiger partial charge in [-0.3, -0.25) is 4.98 Å². The van der Waals surface area contributed by atoms with Crippen molar-refractivity contribution in [3.63, 3.8) is 0 Å². The number of rotatable bonds is 7. The van der Waals surface area contributed by atoms with Crippen LogP contribution in [0.5, 0.6) is 0 Å². The van der Waals surface area contributed by atoms with E-state index in [9.17, 15) is 0 Å². The lowest BCUT2D eigenvalue weighted by Gasteiger charge is -2.33. The standard InChI is InChI=1S/C17H31N3/c1-12(2)11-20(14(5)6)17-8-15(7)19-10-16(17)9-18-13(3)4/h8,10,12-14,18H,9,11H2,1-7H3. The molecule has 0 aliphatic heterocycles. The zero-order chi connectivity index (χ0) is 15.3. The molecule has 0 amide bonds. The smallest absolute Gasteiger partial charge is 0.0447 e. The van der Waals surface area contributed by atoms with E-state index in [2.05, 4.69) is 69.7 Å². The summed E-state index contributed by atoms with van der Waals surface area (Å²) in [5.74, 6) is 0.650. The van der Waals surface area contributed by atoms with Crippen molar-refractivity contribution in [2.45, 2.75) is 67.1 Å². The van der Waals surface area contributed by atoms with Crippen LogP contribution >= 0.6 is 0 Å². The van der Waals surface area contributed by atoms with Crippen LogP contribution in [0.4, 0.5) is 5.69 Å². The molecule has 0 aromatic carbocycles. The van der Waals surface area contributed by atoms with Crippen LogP contribution in [-0.4, -0.2) is 23.6 Å². The van der Waals surface area contributed by atoms with Crippen LogP contribution in [0.2, 0.25) is 0 Å². The Hall–Kier alpha value is -1.09. The highest BCUT2D eigenvalue weighted by Crippen LogP contribution is 2.24. The van der Waals surface area contributed by atoms with Gasteiger partial charge in [0.2, 0.25) is 0 Å². The van der Waals surface area contributed by atoms with Crippen molar-refractivity contribution in [2.75, 3.05) is 11.4 Å². The topological polar surface area (TPSA) is 28.2 Å². The predicted molar refractivity (Wildman–Crippen MR) is 88.3 cm³/mol. The second-order valence-electron chi connectivity index (χ2n) is 6.63. The predicted octanol–water partition coefficient (Wildman–Crippen LogP) is 3.76. The molecule has 0 fully saturated rings. The number of pyridine rings is 1. The van der Waals surface area contributed by atoms with Crippen molar-refractivity contribution in [2.24, 2.45) is 5.92 Å². The molecule has 3 nitrogen and oxygen atoms in total. The fourth-order valence-electron chi connectivity index (χ4n) is 2.27. The molecule has 0 spiro atoms. The molecule has 0 aliphatic rings. The van der Waals surface area contributed by atoms with Gasteiger partial charge in [-0.1, -0.05) is 27.7 Å². The number of hydrogen-bond donors (Lipinski definition) is 1. The molecule has 0 unspecified atom stereocenters. The number of aryl methyl sites for hydroxylation is 1. The normalized spacial score (nSPS) is 11.7. The monoisotopic (exact) mass is 277 g/mol. The molecule has 0 saturated heterocycles. The van der Waals surface area contributed by atoms with E-state index in [1.165, 1.54) is 11.3 Å². The van der Waals surface area contributed by atoms with Gasteiger partial charge in [-0.2, -0.15) is 0 Å². The molecule has 114 valence electrons. The summed E-state index contributed by atoms with van der Waals surface area (Å²) in [5.41, 5.74) is 3.70. The Morgan fingerprint density at radius 1 is 1.15 bits per heavy atom. The molecular formula is C17H31N3. The van der Waals surface area contributed by atoms with E-state index >= 15 is 0 Å². The third-order valence-electron chi connectivity index (χ3n) is 3.29. The Balaban J connectivity index is 3.07. The molecule has 1 rings (SSSR count). The van der Waals surface area contributed by atoms with E-state index in [0.29, 0.717) is 18.0 Å². The van der Waals surface area contributed by atoms with Gasteiger partial charge in [0.05, 0.1) is 0 Å². The highest BCUT2D eigenvalue weighted by molar-refractivity contribution is 5.54. The fourth-order valence-corrected chi connectivity index (χ4v) is 2.27. The summed E-state index contributed by atoms with van der Waals surface area (Å²) in [6.45, 7) is 17.4. The van der Waals surface area contributed by atoms with Crippen LogP contribution < -0.4 is 10.2 Å². The zero-order valence-corrected chi connectivity index (χ0v) is 14.2. The van der Waals surface area contributed by atoms with Crippen molar-refractivity contribution in [1.82, 2.24) is 10.3 Å². The Morgan fingerprint density at radius 3 is 2.30 bits per heavy atom. The zero-order valence-electron chi connectivity index (χ0n) is 14.2. The molecule has 0 atom stereocenters. The van der Waals surface area contributed by atoms with Crippen molar-refractivity contribution in [3.8, 4) is 0 Å². The van der Waals surface area contributed by atoms with Gasteiger partial charge in [0.15, 0.2) is 0 Å². The van der Waals surface area contributed by atoms with Gasteiger partial charge < -0.3 is 10.2 Å². The van der Waals surface area contributed by atoms with Gasteiger partial charge in [0.25, 0.3) is 0 Å². The fraction of sp³-hybridized carbons (Fsp3) is 0.706. The lowest BCUT2D eigenvalue weighted by molar-refractivity contribution is 0.559. The number of hydrogen-bond acceptors (Lipinski definition) is 3. The first kappa shape index (κ1) is 17.0. The molecule has 3 heteroatoms. The highest BCUT2D eigenvalue weighted by Gasteiger charge is 2.16. The molecule has 1 aromatic rings. The summed E-state index contributed by atoms with van der Waals surface area (Å²) in [6, 6.07) is 3.21. The maximum absolute atomic E-state index is 4.47. The van der Waals surface area contributed by atoms with Crippen molar-refractivity contribution in [1.29, 1.82) is 0 Å². The van der Waals surface area contributed by atoms with Crippen LogP contribution in [0, 0.1) is 12.8 Å². The summed E-state index contributed by atoms with van der Waals surface area (Å²) >= 11 is 0. The number of anilines is 1. The lowest BCUT2D eigenvalue weighted by atomic mass is 10.1. The molecule has 1 N–H and O–H groups in total. The average Bonchev–Trinajstić information content (AvgIpc) is 2.33. The van der Waals surface area contributed by atoms with E-state index in [-0.39, 0.29) is 0 Å². The van der Waals surface area contributed by atoms with Gasteiger partial charge in [-0.25, -0.2) is 0 Å². The lowest BCUT2D eigenvalue weighted by Crippen LogP contribution is -2.35. The summed E-state index contributed by atoms with van der Waals surface area (Å²) in [4.78, 5) is 6.97. The molecule has 0 bridgehead atoms. The maximum Gasteiger partial charge on any atom is 0.0447 e. The van der Waals surface area contributed by atoms with Crippen LogP contribution in [0.3, 0.4) is 0 Å². The number of nitrogens with zero attached hydrogens (tertiary/aromatic N) is 2.